The molecule has 3 heteroatoms. The molecule has 0 aliphatic carbocycles. The summed E-state index contributed by atoms with van der Waals surface area (Å²) in [6.07, 6.45) is 8.71. The van der Waals surface area contributed by atoms with Gasteiger partial charge in [0.15, 0.2) is 0 Å². The van der Waals surface area contributed by atoms with E-state index in [-0.39, 0.29) is 5.97 Å². The van der Waals surface area contributed by atoms with Gasteiger partial charge in [-0.2, -0.15) is 0 Å². The van der Waals surface area contributed by atoms with Gasteiger partial charge in [0.2, 0.25) is 0 Å². The van der Waals surface area contributed by atoms with E-state index in [1.807, 2.05) is 26.8 Å². The molecule has 0 aromatic heterocycles. The van der Waals surface area contributed by atoms with Crippen molar-refractivity contribution in [1.82, 2.24) is 0 Å². The Morgan fingerprint density at radius 3 is 2.30 bits per heavy atom. The van der Waals surface area contributed by atoms with Gasteiger partial charge in [-0.1, -0.05) is 28.9 Å². The third-order valence-corrected chi connectivity index (χ3v) is 3.29. The lowest BCUT2D eigenvalue weighted by atomic mass is 9.96. The van der Waals surface area contributed by atoms with E-state index in [2.05, 4.69) is 26.5 Å². The van der Waals surface area contributed by atoms with Crippen LogP contribution in [0, 0.1) is 0 Å². The van der Waals surface area contributed by atoms with E-state index < -0.39 is 11.7 Å². The summed E-state index contributed by atoms with van der Waals surface area (Å²) < 4.78 is 5.48. The number of carbonyl (C=O) groups excluding carboxylic acids is 1. The lowest BCUT2D eigenvalue weighted by Crippen LogP contribution is -2.29. The van der Waals surface area contributed by atoms with Crippen LogP contribution in [0.4, 0.5) is 0 Å². The van der Waals surface area contributed by atoms with E-state index >= 15 is 0 Å². The van der Waals surface area contributed by atoms with Crippen molar-refractivity contribution in [3.8, 4) is 0 Å². The molecule has 0 heterocycles. The molecule has 3 nitrogen and oxygen atoms in total. The topological polar surface area (TPSA) is 46.5 Å². The zero-order chi connectivity index (χ0) is 18.0. The average Bonchev–Trinajstić information content (AvgIpc) is 2.36. The lowest BCUT2D eigenvalue weighted by Gasteiger charge is -2.24. The maximum atomic E-state index is 11.9. The molecular formula is C20H32O3. The first-order valence-corrected chi connectivity index (χ1v) is 8.08. The lowest BCUT2D eigenvalue weighted by molar-refractivity contribution is -0.142. The fraction of sp³-hybridized carbons (Fsp3) is 0.550. The molecule has 0 amide bonds. The predicted molar refractivity (Wildman–Crippen MR) is 97.2 cm³/mol. The van der Waals surface area contributed by atoms with Gasteiger partial charge >= 0.3 is 5.97 Å². The first-order chi connectivity index (χ1) is 10.6. The Bertz CT molecular complexity index is 485. The van der Waals surface area contributed by atoms with Crippen LogP contribution in [0.1, 0.15) is 60.8 Å². The standard InChI is InChI=1S/C20H32O3/c1-8-20(7,22)14-18(23-19(21)12-16(4)5)13-17(6)11-9-10-15(2)3/h8,10,12-13,18,22H,1,9,11,14H2,2-7H3/b17-13+/t18-,20+/m1/s1. The number of ether oxygens (including phenoxy) is 1. The van der Waals surface area contributed by atoms with Crippen molar-refractivity contribution in [2.75, 3.05) is 0 Å². The maximum absolute atomic E-state index is 11.9. The molecule has 1 N–H and O–H groups in total. The summed E-state index contributed by atoms with van der Waals surface area (Å²) in [6, 6.07) is 0. The molecular weight excluding hydrogens is 288 g/mol. The number of carbonyl (C=O) groups is 1. The van der Waals surface area contributed by atoms with Gasteiger partial charge in [0, 0.05) is 12.5 Å². The number of hydrogen-bond acceptors (Lipinski definition) is 3. The maximum Gasteiger partial charge on any atom is 0.331 e. The van der Waals surface area contributed by atoms with Gasteiger partial charge in [0.05, 0.1) is 5.60 Å². The molecule has 0 bridgehead atoms. The molecule has 130 valence electrons. The van der Waals surface area contributed by atoms with Crippen molar-refractivity contribution in [1.29, 1.82) is 0 Å². The van der Waals surface area contributed by atoms with Gasteiger partial charge in [0.1, 0.15) is 6.10 Å². The van der Waals surface area contributed by atoms with Crippen LogP contribution in [-0.4, -0.2) is 22.8 Å². The van der Waals surface area contributed by atoms with Gasteiger partial charge < -0.3 is 9.84 Å². The van der Waals surface area contributed by atoms with Crippen molar-refractivity contribution < 1.29 is 14.6 Å². The van der Waals surface area contributed by atoms with E-state index in [9.17, 15) is 9.90 Å². The average molecular weight is 320 g/mol. The van der Waals surface area contributed by atoms with Crippen LogP contribution in [0.5, 0.6) is 0 Å². The third kappa shape index (κ3) is 11.6. The molecule has 2 atom stereocenters. The minimum absolute atomic E-state index is 0.291. The summed E-state index contributed by atoms with van der Waals surface area (Å²) in [5.74, 6) is -0.386. The van der Waals surface area contributed by atoms with Crippen molar-refractivity contribution in [3.05, 3.63) is 47.6 Å². The smallest absolute Gasteiger partial charge is 0.331 e. The first kappa shape index (κ1) is 21.4. The summed E-state index contributed by atoms with van der Waals surface area (Å²) in [6.45, 7) is 15.1. The minimum Gasteiger partial charge on any atom is -0.455 e. The number of esters is 1. The molecule has 0 saturated heterocycles. The fourth-order valence-electron chi connectivity index (χ4n) is 2.03. The fourth-order valence-corrected chi connectivity index (χ4v) is 2.03. The molecule has 0 aromatic carbocycles. The second-order valence-corrected chi connectivity index (χ2v) is 6.80. The van der Waals surface area contributed by atoms with Crippen molar-refractivity contribution >= 4 is 5.97 Å². The van der Waals surface area contributed by atoms with E-state index in [4.69, 9.17) is 4.74 Å². The SMILES string of the molecule is C=C[C@](C)(O)C[C@@H](/C=C(\C)CCC=C(C)C)OC(=O)C=C(C)C. The Balaban J connectivity index is 5.03. The molecule has 0 aliphatic heterocycles. The van der Waals surface area contributed by atoms with E-state index in [1.165, 1.54) is 17.7 Å². The molecule has 0 unspecified atom stereocenters. The summed E-state index contributed by atoms with van der Waals surface area (Å²) in [7, 11) is 0. The Kier molecular flexibility index (Phi) is 9.50. The van der Waals surface area contributed by atoms with Crippen molar-refractivity contribution in [2.24, 2.45) is 0 Å². The summed E-state index contributed by atoms with van der Waals surface area (Å²) in [5.41, 5.74) is 2.23. The highest BCUT2D eigenvalue weighted by Crippen LogP contribution is 2.19. The number of hydrogen-bond donors (Lipinski definition) is 1. The molecule has 0 saturated carbocycles. The number of allylic oxidation sites excluding steroid dienone is 4. The van der Waals surface area contributed by atoms with Crippen LogP contribution < -0.4 is 0 Å². The molecule has 23 heavy (non-hydrogen) atoms. The Morgan fingerprint density at radius 1 is 1.22 bits per heavy atom. The van der Waals surface area contributed by atoms with Crippen LogP contribution in [0.3, 0.4) is 0 Å². The highest BCUT2D eigenvalue weighted by Gasteiger charge is 2.23. The van der Waals surface area contributed by atoms with Gasteiger partial charge in [-0.15, -0.1) is 6.58 Å². The van der Waals surface area contributed by atoms with Gasteiger partial charge in [0.25, 0.3) is 0 Å². The van der Waals surface area contributed by atoms with Gasteiger partial charge in [-0.25, -0.2) is 4.79 Å². The molecule has 0 aliphatic rings. The van der Waals surface area contributed by atoms with E-state index in [1.54, 1.807) is 6.92 Å². The molecule has 0 rings (SSSR count). The van der Waals surface area contributed by atoms with E-state index in [0.29, 0.717) is 6.42 Å². The molecule has 0 fully saturated rings. The Hall–Kier alpha value is -1.61. The third-order valence-electron chi connectivity index (χ3n) is 3.29. The van der Waals surface area contributed by atoms with E-state index in [0.717, 1.165) is 24.0 Å². The summed E-state index contributed by atoms with van der Waals surface area (Å²) in [5, 5.41) is 10.2. The van der Waals surface area contributed by atoms with Gasteiger partial charge in [-0.05, 0) is 60.5 Å². The van der Waals surface area contributed by atoms with Crippen LogP contribution >= 0.6 is 0 Å². The monoisotopic (exact) mass is 320 g/mol. The van der Waals surface area contributed by atoms with Crippen molar-refractivity contribution in [2.45, 2.75) is 72.5 Å². The number of rotatable bonds is 9. The van der Waals surface area contributed by atoms with Crippen LogP contribution in [-0.2, 0) is 9.53 Å². The van der Waals surface area contributed by atoms with Crippen molar-refractivity contribution in [3.63, 3.8) is 0 Å². The van der Waals surface area contributed by atoms with Gasteiger partial charge in [-0.3, -0.25) is 0 Å². The number of aliphatic hydroxyl groups is 1. The Labute approximate surface area is 141 Å². The summed E-state index contributed by atoms with van der Waals surface area (Å²) >= 11 is 0. The molecule has 0 aromatic rings. The Morgan fingerprint density at radius 2 is 1.83 bits per heavy atom. The predicted octanol–water partition coefficient (Wildman–Crippen LogP) is 4.88. The molecule has 0 radical (unpaired) electrons. The van der Waals surface area contributed by atoms with Crippen LogP contribution in [0.25, 0.3) is 0 Å². The highest BCUT2D eigenvalue weighted by molar-refractivity contribution is 5.82. The second-order valence-electron chi connectivity index (χ2n) is 6.80. The largest absolute Gasteiger partial charge is 0.455 e. The molecule has 0 spiro atoms. The first-order valence-electron chi connectivity index (χ1n) is 8.08. The quantitative estimate of drug-likeness (QED) is 0.374. The van der Waals surface area contributed by atoms with Crippen LogP contribution in [0.2, 0.25) is 0 Å². The normalized spacial score (nSPS) is 15.2. The zero-order valence-corrected chi connectivity index (χ0v) is 15.5. The second kappa shape index (κ2) is 10.2. The summed E-state index contributed by atoms with van der Waals surface area (Å²) in [4.78, 5) is 11.9. The van der Waals surface area contributed by atoms with Crippen LogP contribution in [0.15, 0.2) is 47.6 Å². The highest BCUT2D eigenvalue weighted by atomic mass is 16.5. The minimum atomic E-state index is -1.08. The zero-order valence-electron chi connectivity index (χ0n) is 15.5.